The van der Waals surface area contributed by atoms with Gasteiger partial charge in [0, 0.05) is 29.6 Å². The van der Waals surface area contributed by atoms with E-state index < -0.39 is 28.6 Å². The van der Waals surface area contributed by atoms with Gasteiger partial charge in [0.15, 0.2) is 29.0 Å². The van der Waals surface area contributed by atoms with Crippen LogP contribution in [0.2, 0.25) is 0 Å². The molecule has 3 aromatic rings. The third-order valence-electron chi connectivity index (χ3n) is 5.30. The number of hydrogen-bond donors (Lipinski definition) is 2. The predicted molar refractivity (Wildman–Crippen MR) is 127 cm³/mol. The predicted octanol–water partition coefficient (Wildman–Crippen LogP) is 5.66. The van der Waals surface area contributed by atoms with E-state index in [0.29, 0.717) is 30.9 Å². The highest BCUT2D eigenvalue weighted by molar-refractivity contribution is 6.28. The van der Waals surface area contributed by atoms with Crippen LogP contribution in [0.15, 0.2) is 70.6 Å². The van der Waals surface area contributed by atoms with Crippen molar-refractivity contribution in [1.82, 2.24) is 0 Å². The maximum Gasteiger partial charge on any atom is 0.339 e. The number of hydrogen-bond acceptors (Lipinski definition) is 7. The number of ether oxygens (including phenoxy) is 2. The first kappa shape index (κ1) is 23.7. The number of alkyl halides is 3. The lowest BCUT2D eigenvalue weighted by Crippen LogP contribution is -2.48. The van der Waals surface area contributed by atoms with Gasteiger partial charge in [-0.3, -0.25) is 4.90 Å². The highest BCUT2D eigenvalue weighted by atomic mass is 35.5. The zero-order valence-electron chi connectivity index (χ0n) is 18.3. The van der Waals surface area contributed by atoms with Crippen LogP contribution in [-0.4, -0.2) is 41.5 Å². The summed E-state index contributed by atoms with van der Waals surface area (Å²) in [6.45, 7) is 0.669. The topological polar surface area (TPSA) is 78.7 Å². The molecule has 0 saturated carbocycles. The summed E-state index contributed by atoms with van der Waals surface area (Å²) in [7, 11) is 0. The van der Waals surface area contributed by atoms with Crippen LogP contribution in [-0.2, 0) is 0 Å². The Labute approximate surface area is 207 Å². The van der Waals surface area contributed by atoms with Crippen LogP contribution in [0.25, 0.3) is 0 Å². The van der Waals surface area contributed by atoms with Gasteiger partial charge in [0.2, 0.25) is 0 Å². The molecule has 3 aromatic carbocycles. The van der Waals surface area contributed by atoms with Crippen LogP contribution in [0.5, 0.6) is 17.2 Å². The Morgan fingerprint density at radius 1 is 0.917 bits per heavy atom. The van der Waals surface area contributed by atoms with Crippen molar-refractivity contribution in [2.24, 2.45) is 9.98 Å². The number of benzene rings is 3. The largest absolute Gasteiger partial charge is 0.508 e. The van der Waals surface area contributed by atoms with Gasteiger partial charge in [-0.1, -0.05) is 6.07 Å². The van der Waals surface area contributed by atoms with E-state index in [9.17, 15) is 22.7 Å². The molecular formula is C24H17ClF4N4O3. The van der Waals surface area contributed by atoms with Crippen molar-refractivity contribution < 1.29 is 32.1 Å². The van der Waals surface area contributed by atoms with Crippen LogP contribution in [0, 0.1) is 11.6 Å². The molecule has 2 aliphatic rings. The standard InChI is InChI=1S/C24H17ClF4N4O3/c25-24(33(15-2-1-3-17(34)11-15)16-5-6-18(26)19(27)12-16)30-13-23(28,29)22(32-24)31-14-4-7-20-21(10-14)36-9-8-35-20/h1-7,10-13,34H,8-9H2,(H,31,32). The second-order valence-corrected chi connectivity index (χ2v) is 8.34. The number of amidine groups is 1. The van der Waals surface area contributed by atoms with E-state index in [4.69, 9.17) is 21.1 Å². The molecule has 0 aromatic heterocycles. The van der Waals surface area contributed by atoms with E-state index in [1.54, 1.807) is 6.07 Å². The molecule has 0 bridgehead atoms. The van der Waals surface area contributed by atoms with Crippen molar-refractivity contribution in [2.45, 2.75) is 11.2 Å². The highest BCUT2D eigenvalue weighted by Gasteiger charge is 2.47. The summed E-state index contributed by atoms with van der Waals surface area (Å²) >= 11 is 6.68. The fourth-order valence-corrected chi connectivity index (χ4v) is 4.01. The number of anilines is 3. The Hall–Kier alpha value is -3.99. The summed E-state index contributed by atoms with van der Waals surface area (Å²) < 4.78 is 68.4. The molecule has 0 aliphatic carbocycles. The van der Waals surface area contributed by atoms with Crippen molar-refractivity contribution in [3.63, 3.8) is 0 Å². The average Bonchev–Trinajstić information content (AvgIpc) is 2.84. The van der Waals surface area contributed by atoms with E-state index in [2.05, 4.69) is 15.3 Å². The number of nitrogens with one attached hydrogen (secondary N) is 1. The van der Waals surface area contributed by atoms with Crippen LogP contribution in [0.4, 0.5) is 34.6 Å². The average molecular weight is 521 g/mol. The van der Waals surface area contributed by atoms with Gasteiger partial charge in [-0.25, -0.2) is 18.8 Å². The first-order valence-electron chi connectivity index (χ1n) is 10.6. The van der Waals surface area contributed by atoms with Crippen molar-refractivity contribution in [3.8, 4) is 17.2 Å². The van der Waals surface area contributed by atoms with Crippen molar-refractivity contribution in [2.75, 3.05) is 23.4 Å². The summed E-state index contributed by atoms with van der Waals surface area (Å²) in [6, 6.07) is 12.9. The third-order valence-corrected chi connectivity index (χ3v) is 5.65. The minimum absolute atomic E-state index is 0.0562. The van der Waals surface area contributed by atoms with Crippen LogP contribution in [0.1, 0.15) is 0 Å². The summed E-state index contributed by atoms with van der Waals surface area (Å²) in [5.41, 5.74) is 0.281. The maximum absolute atomic E-state index is 14.9. The van der Waals surface area contributed by atoms with Gasteiger partial charge in [-0.2, -0.15) is 8.78 Å². The molecule has 1 atom stereocenters. The molecule has 186 valence electrons. The number of fused-ring (bicyclic) bond motifs is 1. The first-order chi connectivity index (χ1) is 17.1. The molecule has 5 rings (SSSR count). The molecule has 7 nitrogen and oxygen atoms in total. The molecule has 12 heteroatoms. The third kappa shape index (κ3) is 4.49. The molecule has 2 N–H and O–H groups in total. The Morgan fingerprint density at radius 2 is 1.67 bits per heavy atom. The van der Waals surface area contributed by atoms with Crippen molar-refractivity contribution in [1.29, 1.82) is 0 Å². The number of phenolic OH excluding ortho intramolecular Hbond substituents is 1. The number of aromatic hydroxyl groups is 1. The SMILES string of the molecule is Oc1cccc(N(c2ccc(F)c(F)c2)C2(Cl)N=CC(F)(F)C(Nc3ccc4c(c3)OCCO4)=N2)c1. The fraction of sp³-hybridized carbons (Fsp3) is 0.167. The lowest BCUT2D eigenvalue weighted by atomic mass is 10.2. The van der Waals surface area contributed by atoms with Gasteiger partial charge in [0.1, 0.15) is 19.0 Å². The van der Waals surface area contributed by atoms with Gasteiger partial charge in [-0.05, 0) is 48.0 Å². The van der Waals surface area contributed by atoms with Crippen molar-refractivity contribution >= 4 is 40.7 Å². The number of phenols is 1. The zero-order chi connectivity index (χ0) is 25.5. The maximum atomic E-state index is 14.9. The lowest BCUT2D eigenvalue weighted by Gasteiger charge is -2.37. The van der Waals surface area contributed by atoms with E-state index in [1.807, 2.05) is 0 Å². The van der Waals surface area contributed by atoms with Crippen molar-refractivity contribution in [3.05, 3.63) is 72.3 Å². The quantitative estimate of drug-likeness (QED) is 0.264. The fourth-order valence-electron chi connectivity index (χ4n) is 3.68. The number of rotatable bonds is 4. The van der Waals surface area contributed by atoms with Gasteiger partial charge < -0.3 is 19.9 Å². The van der Waals surface area contributed by atoms with E-state index in [1.165, 1.54) is 42.5 Å². The second-order valence-electron chi connectivity index (χ2n) is 7.83. The summed E-state index contributed by atoms with van der Waals surface area (Å²) in [5, 5.41) is 10.2. The van der Waals surface area contributed by atoms with Crippen LogP contribution in [0.3, 0.4) is 0 Å². The Kier molecular flexibility index (Phi) is 5.87. The molecular weight excluding hydrogens is 504 g/mol. The monoisotopic (exact) mass is 520 g/mol. The zero-order valence-corrected chi connectivity index (χ0v) is 19.0. The second kappa shape index (κ2) is 8.90. The summed E-state index contributed by atoms with van der Waals surface area (Å²) in [6.07, 6.45) is 0.309. The molecule has 0 saturated heterocycles. The molecule has 1 unspecified atom stereocenters. The van der Waals surface area contributed by atoms with E-state index in [-0.39, 0.29) is 22.8 Å². The molecule has 0 radical (unpaired) electrons. The lowest BCUT2D eigenvalue weighted by molar-refractivity contribution is 0.158. The minimum Gasteiger partial charge on any atom is -0.508 e. The molecule has 36 heavy (non-hydrogen) atoms. The molecule has 0 fully saturated rings. The Bertz CT molecular complexity index is 1390. The van der Waals surface area contributed by atoms with Gasteiger partial charge in [-0.15, -0.1) is 0 Å². The molecule has 2 heterocycles. The summed E-state index contributed by atoms with van der Waals surface area (Å²) in [5.74, 6) is -6.21. The molecule has 0 amide bonds. The number of nitrogens with zero attached hydrogens (tertiary/aromatic N) is 3. The molecule has 0 spiro atoms. The smallest absolute Gasteiger partial charge is 0.339 e. The van der Waals surface area contributed by atoms with Gasteiger partial charge in [0.05, 0.1) is 11.9 Å². The van der Waals surface area contributed by atoms with Gasteiger partial charge in [0.25, 0.3) is 0 Å². The number of halogens is 5. The Morgan fingerprint density at radius 3 is 2.42 bits per heavy atom. The van der Waals surface area contributed by atoms with E-state index in [0.717, 1.165) is 17.0 Å². The van der Waals surface area contributed by atoms with Gasteiger partial charge >= 0.3 is 11.2 Å². The Balaban J connectivity index is 1.59. The van der Waals surface area contributed by atoms with Crippen LogP contribution < -0.4 is 19.7 Å². The highest BCUT2D eigenvalue weighted by Crippen LogP contribution is 2.42. The molecule has 2 aliphatic heterocycles. The first-order valence-corrected chi connectivity index (χ1v) is 11.0. The minimum atomic E-state index is -3.65. The van der Waals surface area contributed by atoms with E-state index >= 15 is 0 Å². The summed E-state index contributed by atoms with van der Waals surface area (Å²) in [4.78, 5) is 8.82. The van der Waals surface area contributed by atoms with Crippen LogP contribution >= 0.6 is 11.6 Å². The number of aliphatic imine (C=N–C) groups is 2. The normalized spacial score (nSPS) is 20.0.